The number of aromatic nitrogens is 2. The van der Waals surface area contributed by atoms with Gasteiger partial charge in [0.25, 0.3) is 0 Å². The van der Waals surface area contributed by atoms with E-state index in [1.54, 1.807) is 29.1 Å². The van der Waals surface area contributed by atoms with Crippen LogP contribution in [0.15, 0.2) is 60.9 Å². The van der Waals surface area contributed by atoms with Crippen molar-refractivity contribution in [3.05, 3.63) is 77.9 Å². The average Bonchev–Trinajstić information content (AvgIpc) is 3.03. The molecule has 0 fully saturated rings. The molecule has 0 spiro atoms. The summed E-state index contributed by atoms with van der Waals surface area (Å²) < 4.78 is 14.3. The number of benzene rings is 2. The van der Waals surface area contributed by atoms with Crippen molar-refractivity contribution in [2.24, 2.45) is 0 Å². The van der Waals surface area contributed by atoms with Crippen LogP contribution in [0.4, 0.5) is 4.39 Å². The summed E-state index contributed by atoms with van der Waals surface area (Å²) in [5.74, 6) is 0.422. The van der Waals surface area contributed by atoms with Gasteiger partial charge < -0.3 is 4.57 Å². The molecule has 0 radical (unpaired) electrons. The third kappa shape index (κ3) is 2.96. The third-order valence-corrected chi connectivity index (χ3v) is 3.60. The molecule has 1 aromatic heterocycles. The van der Waals surface area contributed by atoms with Crippen molar-refractivity contribution in [2.45, 2.75) is 13.2 Å². The number of rotatable bonds is 5. The lowest BCUT2D eigenvalue weighted by Crippen LogP contribution is -2.03. The van der Waals surface area contributed by atoms with E-state index in [2.05, 4.69) is 4.98 Å². The van der Waals surface area contributed by atoms with Crippen molar-refractivity contribution in [3.8, 4) is 11.1 Å². The quantitative estimate of drug-likeness (QED) is 0.669. The Morgan fingerprint density at radius 3 is 2.09 bits per heavy atom. The number of alkyl halides is 1. The number of imidazole rings is 1. The van der Waals surface area contributed by atoms with Crippen LogP contribution in [0.1, 0.15) is 21.7 Å². The molecule has 3 aromatic rings. The van der Waals surface area contributed by atoms with Crippen LogP contribution in [0, 0.1) is 0 Å². The molecular weight excluding hydrogens is 279 g/mol. The van der Waals surface area contributed by atoms with Gasteiger partial charge >= 0.3 is 0 Å². The standard InChI is InChI=1S/C18H15FN2O/c19-11-14-1-5-16(6-2-14)17-7-3-15(4-8-17)12-21-10-9-20-18(21)13-22/h1-10,13H,11-12H2. The Kier molecular flexibility index (Phi) is 4.10. The van der Waals surface area contributed by atoms with Crippen LogP contribution >= 0.6 is 0 Å². The first-order valence-corrected chi connectivity index (χ1v) is 7.00. The van der Waals surface area contributed by atoms with Crippen LogP contribution in [0.2, 0.25) is 0 Å². The van der Waals surface area contributed by atoms with Crippen molar-refractivity contribution in [3.63, 3.8) is 0 Å². The molecule has 0 aliphatic carbocycles. The summed E-state index contributed by atoms with van der Waals surface area (Å²) in [6, 6.07) is 15.5. The van der Waals surface area contributed by atoms with E-state index in [4.69, 9.17) is 0 Å². The first kappa shape index (κ1) is 14.2. The van der Waals surface area contributed by atoms with Crippen LogP contribution in [0.5, 0.6) is 0 Å². The van der Waals surface area contributed by atoms with Crippen LogP contribution in [-0.4, -0.2) is 15.8 Å². The molecule has 3 nitrogen and oxygen atoms in total. The van der Waals surface area contributed by atoms with E-state index in [9.17, 15) is 9.18 Å². The van der Waals surface area contributed by atoms with E-state index in [1.807, 2.05) is 36.4 Å². The largest absolute Gasteiger partial charge is 0.324 e. The van der Waals surface area contributed by atoms with Gasteiger partial charge in [-0.15, -0.1) is 0 Å². The number of carbonyl (C=O) groups is 1. The molecule has 0 saturated carbocycles. The minimum absolute atomic E-state index is 0.422. The molecule has 4 heteroatoms. The monoisotopic (exact) mass is 294 g/mol. The van der Waals surface area contributed by atoms with Gasteiger partial charge in [0.1, 0.15) is 6.67 Å². The highest BCUT2D eigenvalue weighted by atomic mass is 19.1. The summed E-state index contributed by atoms with van der Waals surface area (Å²) in [5, 5.41) is 0. The molecule has 0 saturated heterocycles. The van der Waals surface area contributed by atoms with Gasteiger partial charge in [0, 0.05) is 18.9 Å². The maximum absolute atomic E-state index is 12.5. The molecule has 1 heterocycles. The Bertz CT molecular complexity index is 761. The predicted molar refractivity (Wildman–Crippen MR) is 83.4 cm³/mol. The Hall–Kier alpha value is -2.75. The fraction of sp³-hybridized carbons (Fsp3) is 0.111. The molecule has 0 unspecified atom stereocenters. The summed E-state index contributed by atoms with van der Waals surface area (Å²) in [6.07, 6.45) is 4.15. The SMILES string of the molecule is O=Cc1nccn1Cc1ccc(-c2ccc(CF)cc2)cc1. The van der Waals surface area contributed by atoms with E-state index >= 15 is 0 Å². The highest BCUT2D eigenvalue weighted by Crippen LogP contribution is 2.21. The second-order valence-corrected chi connectivity index (χ2v) is 5.06. The molecule has 2 aromatic carbocycles. The second kappa shape index (κ2) is 6.35. The number of hydrogen-bond donors (Lipinski definition) is 0. The van der Waals surface area contributed by atoms with E-state index in [-0.39, 0.29) is 0 Å². The fourth-order valence-electron chi connectivity index (χ4n) is 2.36. The van der Waals surface area contributed by atoms with Crippen molar-refractivity contribution in [2.75, 3.05) is 0 Å². The highest BCUT2D eigenvalue weighted by molar-refractivity contribution is 5.69. The summed E-state index contributed by atoms with van der Waals surface area (Å²) in [6.45, 7) is 0.165. The number of hydrogen-bond acceptors (Lipinski definition) is 2. The first-order chi connectivity index (χ1) is 10.8. The van der Waals surface area contributed by atoms with E-state index in [1.165, 1.54) is 0 Å². The maximum atomic E-state index is 12.5. The van der Waals surface area contributed by atoms with Gasteiger partial charge in [0.2, 0.25) is 0 Å². The lowest BCUT2D eigenvalue weighted by molar-refractivity contribution is 0.111. The average molecular weight is 294 g/mol. The second-order valence-electron chi connectivity index (χ2n) is 5.06. The highest BCUT2D eigenvalue weighted by Gasteiger charge is 2.03. The topological polar surface area (TPSA) is 34.9 Å². The summed E-state index contributed by atoms with van der Waals surface area (Å²) in [4.78, 5) is 14.8. The molecule has 0 atom stereocenters. The Morgan fingerprint density at radius 2 is 1.55 bits per heavy atom. The Morgan fingerprint density at radius 1 is 0.955 bits per heavy atom. The number of carbonyl (C=O) groups excluding carboxylic acids is 1. The molecule has 0 aliphatic heterocycles. The van der Waals surface area contributed by atoms with Gasteiger partial charge in [-0.3, -0.25) is 4.79 Å². The molecule has 0 bridgehead atoms. The Balaban J connectivity index is 1.78. The van der Waals surface area contributed by atoms with Crippen molar-refractivity contribution in [1.82, 2.24) is 9.55 Å². The van der Waals surface area contributed by atoms with Gasteiger partial charge in [-0.25, -0.2) is 9.37 Å². The smallest absolute Gasteiger partial charge is 0.185 e. The maximum Gasteiger partial charge on any atom is 0.185 e. The summed E-state index contributed by atoms with van der Waals surface area (Å²) >= 11 is 0. The summed E-state index contributed by atoms with van der Waals surface area (Å²) in [5.41, 5.74) is 3.91. The van der Waals surface area contributed by atoms with Crippen LogP contribution in [0.3, 0.4) is 0 Å². The number of nitrogens with zero attached hydrogens (tertiary/aromatic N) is 2. The van der Waals surface area contributed by atoms with Crippen LogP contribution in [-0.2, 0) is 13.2 Å². The predicted octanol–water partition coefficient (Wildman–Crippen LogP) is 3.88. The van der Waals surface area contributed by atoms with Gasteiger partial charge in [0.05, 0.1) is 0 Å². The molecule has 3 rings (SSSR count). The normalized spacial score (nSPS) is 10.6. The molecule has 0 aliphatic rings. The minimum Gasteiger partial charge on any atom is -0.324 e. The van der Waals surface area contributed by atoms with Crippen molar-refractivity contribution in [1.29, 1.82) is 0 Å². The zero-order valence-corrected chi connectivity index (χ0v) is 11.9. The van der Waals surface area contributed by atoms with E-state index < -0.39 is 6.67 Å². The minimum atomic E-state index is -0.441. The Labute approximate surface area is 128 Å². The molecule has 22 heavy (non-hydrogen) atoms. The van der Waals surface area contributed by atoms with Crippen LogP contribution < -0.4 is 0 Å². The first-order valence-electron chi connectivity index (χ1n) is 7.00. The van der Waals surface area contributed by atoms with Crippen LogP contribution in [0.25, 0.3) is 11.1 Å². The number of aldehydes is 1. The summed E-state index contributed by atoms with van der Waals surface area (Å²) in [7, 11) is 0. The molecule has 110 valence electrons. The molecule has 0 amide bonds. The zero-order valence-electron chi connectivity index (χ0n) is 11.9. The fourth-order valence-corrected chi connectivity index (χ4v) is 2.36. The molecular formula is C18H15FN2O. The lowest BCUT2D eigenvalue weighted by atomic mass is 10.0. The molecule has 0 N–H and O–H groups in total. The lowest BCUT2D eigenvalue weighted by Gasteiger charge is -2.07. The van der Waals surface area contributed by atoms with E-state index in [0.717, 1.165) is 23.0 Å². The van der Waals surface area contributed by atoms with Crippen molar-refractivity contribution >= 4 is 6.29 Å². The van der Waals surface area contributed by atoms with Gasteiger partial charge in [0.15, 0.2) is 12.1 Å². The van der Waals surface area contributed by atoms with E-state index in [0.29, 0.717) is 17.9 Å². The van der Waals surface area contributed by atoms with Crippen molar-refractivity contribution < 1.29 is 9.18 Å². The number of halogens is 1. The third-order valence-electron chi connectivity index (χ3n) is 3.60. The zero-order chi connectivity index (χ0) is 15.4. The van der Waals surface area contributed by atoms with Gasteiger partial charge in [-0.2, -0.15) is 0 Å². The van der Waals surface area contributed by atoms with Gasteiger partial charge in [-0.1, -0.05) is 48.5 Å². The van der Waals surface area contributed by atoms with Gasteiger partial charge in [-0.05, 0) is 22.3 Å².